The Balaban J connectivity index is 2.38. The molecule has 0 aliphatic rings. The van der Waals surface area contributed by atoms with Crippen molar-refractivity contribution in [2.24, 2.45) is 5.92 Å². The van der Waals surface area contributed by atoms with E-state index in [-0.39, 0.29) is 5.92 Å². The average molecular weight is 238 g/mol. The minimum Gasteiger partial charge on any atom is -0.481 e. The fourth-order valence-electron chi connectivity index (χ4n) is 1.02. The van der Waals surface area contributed by atoms with Gasteiger partial charge >= 0.3 is 5.97 Å². The summed E-state index contributed by atoms with van der Waals surface area (Å²) in [5.74, 6) is -0.692. The van der Waals surface area contributed by atoms with Crippen LogP contribution in [0.25, 0.3) is 0 Å². The van der Waals surface area contributed by atoms with Crippen LogP contribution < -0.4 is 0 Å². The van der Waals surface area contributed by atoms with E-state index in [0.717, 1.165) is 4.90 Å². The van der Waals surface area contributed by atoms with Crippen LogP contribution in [0.15, 0.2) is 47.8 Å². The number of carbonyl (C=O) groups is 1. The van der Waals surface area contributed by atoms with Gasteiger partial charge in [0.15, 0.2) is 0 Å². The van der Waals surface area contributed by atoms with Gasteiger partial charge in [0.1, 0.15) is 0 Å². The lowest BCUT2D eigenvalue weighted by atomic mass is 10.2. The number of carbonyl (C=O) groups excluding carboxylic acids is 1. The molecule has 0 heterocycles. The molecule has 0 spiro atoms. The van der Waals surface area contributed by atoms with Crippen molar-refractivity contribution in [3.63, 3.8) is 0 Å². The molecule has 3 nitrogen and oxygen atoms in total. The predicted octanol–water partition coefficient (Wildman–Crippen LogP) is 2.99. The van der Waals surface area contributed by atoms with Crippen molar-refractivity contribution in [3.05, 3.63) is 42.9 Å². The van der Waals surface area contributed by atoms with Crippen LogP contribution in [0.3, 0.4) is 0 Å². The Bertz CT molecular complexity index is 362. The van der Waals surface area contributed by atoms with Crippen molar-refractivity contribution in [3.8, 4) is 0 Å². The predicted molar refractivity (Wildman–Crippen MR) is 64.2 cm³/mol. The summed E-state index contributed by atoms with van der Waals surface area (Å²) in [5, 5.41) is 8.71. The quantitative estimate of drug-likeness (QED) is 0.486. The molecule has 0 aliphatic carbocycles. The third-order valence-corrected chi connectivity index (χ3v) is 3.14. The Morgan fingerprint density at radius 1 is 1.50 bits per heavy atom. The first-order valence-corrected chi connectivity index (χ1v) is 5.85. The number of ether oxygens (including phenoxy) is 1. The molecular weight excluding hydrogens is 224 g/mol. The fourth-order valence-corrected chi connectivity index (χ4v) is 1.95. The average Bonchev–Trinajstić information content (AvgIpc) is 2.26. The highest BCUT2D eigenvalue weighted by Crippen LogP contribution is 2.20. The topological polar surface area (TPSA) is 46.5 Å². The van der Waals surface area contributed by atoms with Crippen molar-refractivity contribution < 1.29 is 14.6 Å². The van der Waals surface area contributed by atoms with E-state index in [1.807, 2.05) is 30.3 Å². The van der Waals surface area contributed by atoms with Gasteiger partial charge in [-0.15, -0.1) is 11.8 Å². The first-order chi connectivity index (χ1) is 7.59. The lowest BCUT2D eigenvalue weighted by Gasteiger charge is -2.09. The Morgan fingerprint density at radius 2 is 2.12 bits per heavy atom. The van der Waals surface area contributed by atoms with Gasteiger partial charge in [-0.3, -0.25) is 4.79 Å². The zero-order chi connectivity index (χ0) is 12.0. The van der Waals surface area contributed by atoms with E-state index in [9.17, 15) is 4.79 Å². The molecular formula is C12H14O3S. The normalized spacial score (nSPS) is 11.8. The summed E-state index contributed by atoms with van der Waals surface area (Å²) in [6, 6.07) is 9.79. The smallest absolute Gasteiger partial charge is 0.317 e. The van der Waals surface area contributed by atoms with E-state index in [1.165, 1.54) is 0 Å². The maximum absolute atomic E-state index is 11.3. The molecule has 0 aliphatic heterocycles. The summed E-state index contributed by atoms with van der Waals surface area (Å²) in [4.78, 5) is 12.4. The van der Waals surface area contributed by atoms with Crippen molar-refractivity contribution in [2.45, 2.75) is 11.8 Å². The maximum Gasteiger partial charge on any atom is 0.317 e. The van der Waals surface area contributed by atoms with Crippen molar-refractivity contribution >= 4 is 17.7 Å². The molecule has 0 fully saturated rings. The van der Waals surface area contributed by atoms with Gasteiger partial charge in [-0.2, -0.15) is 0 Å². The zero-order valence-electron chi connectivity index (χ0n) is 9.05. The van der Waals surface area contributed by atoms with Crippen LogP contribution in [-0.4, -0.2) is 16.8 Å². The minimum atomic E-state index is -0.554. The molecule has 0 aromatic heterocycles. The zero-order valence-corrected chi connectivity index (χ0v) is 9.87. The number of aliphatic hydroxyl groups excluding tert-OH is 1. The molecule has 1 unspecified atom stereocenters. The summed E-state index contributed by atoms with van der Waals surface area (Å²) in [6.45, 7) is 4.85. The highest BCUT2D eigenvalue weighted by molar-refractivity contribution is 7.99. The molecule has 4 heteroatoms. The van der Waals surface area contributed by atoms with Crippen LogP contribution in [0.1, 0.15) is 6.92 Å². The molecule has 1 atom stereocenters. The molecule has 1 rings (SSSR count). The molecule has 0 amide bonds. The summed E-state index contributed by atoms with van der Waals surface area (Å²) in [7, 11) is 0. The number of hydrogen-bond acceptors (Lipinski definition) is 4. The van der Waals surface area contributed by atoms with E-state index < -0.39 is 11.9 Å². The van der Waals surface area contributed by atoms with Gasteiger partial charge < -0.3 is 9.84 Å². The van der Waals surface area contributed by atoms with Gasteiger partial charge in [0.25, 0.3) is 5.95 Å². The van der Waals surface area contributed by atoms with E-state index in [4.69, 9.17) is 5.11 Å². The minimum absolute atomic E-state index is 0.283. The highest BCUT2D eigenvalue weighted by Gasteiger charge is 2.15. The summed E-state index contributed by atoms with van der Waals surface area (Å²) < 4.78 is 4.51. The van der Waals surface area contributed by atoms with Gasteiger partial charge in [0.2, 0.25) is 0 Å². The van der Waals surface area contributed by atoms with Crippen LogP contribution >= 0.6 is 11.8 Å². The lowest BCUT2D eigenvalue weighted by molar-refractivity contribution is -0.146. The highest BCUT2D eigenvalue weighted by atomic mass is 32.2. The summed E-state index contributed by atoms with van der Waals surface area (Å²) in [5.41, 5.74) is 0. The van der Waals surface area contributed by atoms with Gasteiger partial charge in [0.05, 0.1) is 5.92 Å². The van der Waals surface area contributed by atoms with Gasteiger partial charge in [0, 0.05) is 10.6 Å². The van der Waals surface area contributed by atoms with Crippen LogP contribution in [-0.2, 0) is 9.53 Å². The first kappa shape index (κ1) is 12.6. The Kier molecular flexibility index (Phi) is 4.92. The molecule has 16 heavy (non-hydrogen) atoms. The van der Waals surface area contributed by atoms with E-state index in [1.54, 1.807) is 18.7 Å². The number of thioether (sulfide) groups is 1. The van der Waals surface area contributed by atoms with Gasteiger partial charge in [-0.1, -0.05) is 25.1 Å². The van der Waals surface area contributed by atoms with Crippen LogP contribution in [0.2, 0.25) is 0 Å². The summed E-state index contributed by atoms with van der Waals surface area (Å²) >= 11 is 1.57. The maximum atomic E-state index is 11.3. The largest absolute Gasteiger partial charge is 0.481 e. The second kappa shape index (κ2) is 6.23. The molecule has 1 aromatic rings. The Morgan fingerprint density at radius 3 is 2.69 bits per heavy atom. The molecule has 0 saturated carbocycles. The van der Waals surface area contributed by atoms with E-state index in [2.05, 4.69) is 11.3 Å². The molecule has 86 valence electrons. The van der Waals surface area contributed by atoms with E-state index >= 15 is 0 Å². The molecule has 0 radical (unpaired) electrons. The van der Waals surface area contributed by atoms with E-state index in [0.29, 0.717) is 5.75 Å². The SMILES string of the molecule is C=C(O)OC(=O)C(C)CSc1ccccc1. The van der Waals surface area contributed by atoms with Crippen LogP contribution in [0.4, 0.5) is 0 Å². The monoisotopic (exact) mass is 238 g/mol. The Hall–Kier alpha value is -1.42. The third-order valence-electron chi connectivity index (χ3n) is 1.86. The number of aliphatic hydroxyl groups is 1. The number of esters is 1. The second-order valence-electron chi connectivity index (χ2n) is 3.34. The fraction of sp³-hybridized carbons (Fsp3) is 0.250. The first-order valence-electron chi connectivity index (χ1n) is 4.87. The van der Waals surface area contributed by atoms with Crippen LogP contribution in [0, 0.1) is 5.92 Å². The third kappa shape index (κ3) is 4.40. The summed E-state index contributed by atoms with van der Waals surface area (Å²) in [6.07, 6.45) is 0. The van der Waals surface area contributed by atoms with Crippen LogP contribution in [0.5, 0.6) is 0 Å². The molecule has 1 N–H and O–H groups in total. The van der Waals surface area contributed by atoms with Crippen molar-refractivity contribution in [2.75, 3.05) is 5.75 Å². The van der Waals surface area contributed by atoms with Gasteiger partial charge in [-0.05, 0) is 18.7 Å². The Labute approximate surface area is 99.1 Å². The van der Waals surface area contributed by atoms with Crippen molar-refractivity contribution in [1.82, 2.24) is 0 Å². The number of benzene rings is 1. The molecule has 1 aromatic carbocycles. The van der Waals surface area contributed by atoms with Gasteiger partial charge in [-0.25, -0.2) is 0 Å². The standard InChI is InChI=1S/C12H14O3S/c1-9(12(14)15-10(2)13)8-16-11-6-4-3-5-7-11/h3-7,9,13H,2,8H2,1H3. The molecule has 0 saturated heterocycles. The number of rotatable bonds is 5. The second-order valence-corrected chi connectivity index (χ2v) is 4.43. The lowest BCUT2D eigenvalue weighted by Crippen LogP contribution is -2.16. The van der Waals surface area contributed by atoms with Crippen molar-refractivity contribution in [1.29, 1.82) is 0 Å². The molecule has 0 bridgehead atoms. The number of hydrogen-bond donors (Lipinski definition) is 1.